The first-order valence-corrected chi connectivity index (χ1v) is 9.55. The van der Waals surface area contributed by atoms with Gasteiger partial charge in [-0.15, -0.1) is 0 Å². The van der Waals surface area contributed by atoms with E-state index in [1.807, 2.05) is 6.92 Å². The minimum Gasteiger partial charge on any atom is -0.490 e. The number of hydrogen-bond donors (Lipinski definition) is 2. The number of pyridine rings is 1. The molecule has 154 valence electrons. The zero-order chi connectivity index (χ0) is 20.8. The molecule has 1 saturated carbocycles. The lowest BCUT2D eigenvalue weighted by molar-refractivity contribution is -0.126. The maximum Gasteiger partial charge on any atom is 0.267 e. The van der Waals surface area contributed by atoms with Crippen LogP contribution in [0.15, 0.2) is 42.6 Å². The van der Waals surface area contributed by atoms with Crippen LogP contribution in [0.3, 0.4) is 0 Å². The van der Waals surface area contributed by atoms with Crippen LogP contribution < -0.4 is 15.8 Å². The van der Waals surface area contributed by atoms with Crippen LogP contribution in [-0.2, 0) is 9.53 Å². The van der Waals surface area contributed by atoms with Crippen molar-refractivity contribution in [3.63, 3.8) is 0 Å². The van der Waals surface area contributed by atoms with Crippen LogP contribution in [0.4, 0.5) is 10.1 Å². The fourth-order valence-corrected chi connectivity index (χ4v) is 2.78. The Morgan fingerprint density at radius 3 is 2.62 bits per heavy atom. The van der Waals surface area contributed by atoms with Crippen LogP contribution in [0.5, 0.6) is 5.75 Å². The monoisotopic (exact) mass is 401 g/mol. The zero-order valence-corrected chi connectivity index (χ0v) is 16.1. The molecule has 0 bridgehead atoms. The highest BCUT2D eigenvalue weighted by Crippen LogP contribution is 2.26. The third-order valence-corrected chi connectivity index (χ3v) is 4.43. The average Bonchev–Trinajstić information content (AvgIpc) is 3.39. The summed E-state index contributed by atoms with van der Waals surface area (Å²) in [6.45, 7) is 1.94. The number of rotatable bonds is 5. The van der Waals surface area contributed by atoms with Crippen molar-refractivity contribution in [2.24, 2.45) is 5.73 Å². The number of hydrogen-bond acceptors (Lipinski definition) is 5. The molecule has 1 aromatic heterocycles. The Hall–Kier alpha value is -3.00. The molecule has 2 aliphatic rings. The summed E-state index contributed by atoms with van der Waals surface area (Å²) in [5.74, 6) is -0.423. The van der Waals surface area contributed by atoms with Gasteiger partial charge in [-0.1, -0.05) is 6.07 Å². The minimum atomic E-state index is -0.628. The van der Waals surface area contributed by atoms with Gasteiger partial charge < -0.3 is 20.5 Å². The van der Waals surface area contributed by atoms with E-state index in [1.165, 1.54) is 24.4 Å². The van der Waals surface area contributed by atoms with Crippen molar-refractivity contribution in [3.8, 4) is 5.75 Å². The van der Waals surface area contributed by atoms with Gasteiger partial charge in [-0.3, -0.25) is 14.6 Å². The number of benzene rings is 1. The van der Waals surface area contributed by atoms with Crippen LogP contribution in [0.2, 0.25) is 0 Å². The fourth-order valence-electron chi connectivity index (χ4n) is 2.78. The highest BCUT2D eigenvalue weighted by molar-refractivity contribution is 5.96. The number of amides is 2. The molecule has 2 amide bonds. The molecule has 7 nitrogen and oxygen atoms in total. The summed E-state index contributed by atoms with van der Waals surface area (Å²) >= 11 is 0. The number of aromatic nitrogens is 1. The summed E-state index contributed by atoms with van der Waals surface area (Å²) in [6, 6.07) is 9.31. The van der Waals surface area contributed by atoms with Gasteiger partial charge >= 0.3 is 0 Å². The molecular formula is C21H24FN3O4. The van der Waals surface area contributed by atoms with E-state index >= 15 is 0 Å². The Balaban J connectivity index is 0.000000186. The van der Waals surface area contributed by atoms with Gasteiger partial charge in [-0.25, -0.2) is 4.39 Å². The van der Waals surface area contributed by atoms with Crippen LogP contribution in [0, 0.1) is 5.82 Å². The maximum atomic E-state index is 12.6. The van der Waals surface area contributed by atoms with Gasteiger partial charge in [0, 0.05) is 18.0 Å². The average molecular weight is 401 g/mol. The topological polar surface area (TPSA) is 104 Å². The van der Waals surface area contributed by atoms with Gasteiger partial charge in [-0.2, -0.15) is 0 Å². The standard InChI is InChI=1S/C12H15N3O3.C9H9FO/c1-7-2-3-10(18-7)12(17)15-8-4-5-14-9(6-8)11(13)16;10-7-2-1-3-9(6-7)11-8-4-5-8/h4-7,10H,2-3H2,1H3,(H2,13,16)(H,14,15,17);1-3,6,8H,4-5H2. The highest BCUT2D eigenvalue weighted by Gasteiger charge is 2.28. The van der Waals surface area contributed by atoms with E-state index in [-0.39, 0.29) is 23.5 Å². The molecule has 2 heterocycles. The van der Waals surface area contributed by atoms with E-state index < -0.39 is 12.0 Å². The minimum absolute atomic E-state index is 0.111. The molecule has 2 aromatic rings. The fraction of sp³-hybridized carbons (Fsp3) is 0.381. The number of ether oxygens (including phenoxy) is 2. The van der Waals surface area contributed by atoms with Crippen molar-refractivity contribution in [1.82, 2.24) is 4.98 Å². The van der Waals surface area contributed by atoms with E-state index in [1.54, 1.807) is 18.2 Å². The first-order chi connectivity index (χ1) is 13.9. The van der Waals surface area contributed by atoms with Gasteiger partial charge in [0.25, 0.3) is 11.8 Å². The normalized spacial score (nSPS) is 20.3. The lowest BCUT2D eigenvalue weighted by Crippen LogP contribution is -2.28. The number of nitrogens with zero attached hydrogens (tertiary/aromatic N) is 1. The number of halogens is 1. The van der Waals surface area contributed by atoms with Crippen LogP contribution in [-0.4, -0.2) is 35.1 Å². The molecule has 2 atom stereocenters. The first kappa shape index (κ1) is 20.7. The number of carbonyl (C=O) groups excluding carboxylic acids is 2. The second-order valence-electron chi connectivity index (χ2n) is 7.07. The summed E-state index contributed by atoms with van der Waals surface area (Å²) in [4.78, 5) is 26.6. The first-order valence-electron chi connectivity index (χ1n) is 9.55. The number of nitrogens with one attached hydrogen (secondary N) is 1. The molecule has 1 aromatic carbocycles. The second kappa shape index (κ2) is 9.47. The summed E-state index contributed by atoms with van der Waals surface area (Å²) in [5.41, 5.74) is 5.73. The molecule has 1 aliphatic heterocycles. The zero-order valence-electron chi connectivity index (χ0n) is 16.1. The Kier molecular flexibility index (Phi) is 6.77. The molecule has 2 unspecified atom stereocenters. The van der Waals surface area contributed by atoms with E-state index in [0.717, 1.165) is 19.3 Å². The highest BCUT2D eigenvalue weighted by atomic mass is 19.1. The van der Waals surface area contributed by atoms with Gasteiger partial charge in [-0.05, 0) is 56.9 Å². The summed E-state index contributed by atoms with van der Waals surface area (Å²) in [7, 11) is 0. The number of anilines is 1. The van der Waals surface area contributed by atoms with Crippen LogP contribution in [0.1, 0.15) is 43.1 Å². The van der Waals surface area contributed by atoms with Gasteiger partial charge in [0.2, 0.25) is 0 Å². The molecule has 29 heavy (non-hydrogen) atoms. The van der Waals surface area contributed by atoms with E-state index in [4.69, 9.17) is 15.2 Å². The SMILES string of the molecule is CC1CCC(C(=O)Nc2ccnc(C(N)=O)c2)O1.Fc1cccc(OC2CC2)c1. The van der Waals surface area contributed by atoms with Crippen molar-refractivity contribution < 1.29 is 23.5 Å². The van der Waals surface area contributed by atoms with Gasteiger partial charge in [0.05, 0.1) is 12.2 Å². The molecule has 1 aliphatic carbocycles. The largest absolute Gasteiger partial charge is 0.490 e. The lowest BCUT2D eigenvalue weighted by Gasteiger charge is -2.11. The van der Waals surface area contributed by atoms with Crippen molar-refractivity contribution in [3.05, 3.63) is 54.1 Å². The van der Waals surface area contributed by atoms with E-state index in [2.05, 4.69) is 10.3 Å². The Morgan fingerprint density at radius 2 is 2.00 bits per heavy atom. The molecule has 0 radical (unpaired) electrons. The third kappa shape index (κ3) is 6.53. The second-order valence-corrected chi connectivity index (χ2v) is 7.07. The number of primary amides is 1. The van der Waals surface area contributed by atoms with Crippen molar-refractivity contribution in [2.75, 3.05) is 5.32 Å². The smallest absolute Gasteiger partial charge is 0.267 e. The Morgan fingerprint density at radius 1 is 1.21 bits per heavy atom. The molecule has 2 fully saturated rings. The van der Waals surface area contributed by atoms with E-state index in [0.29, 0.717) is 24.0 Å². The van der Waals surface area contributed by atoms with Gasteiger partial charge in [0.1, 0.15) is 23.4 Å². The summed E-state index contributed by atoms with van der Waals surface area (Å²) in [5, 5.41) is 2.69. The third-order valence-electron chi connectivity index (χ3n) is 4.43. The quantitative estimate of drug-likeness (QED) is 0.801. The number of nitrogens with two attached hydrogens (primary N) is 1. The number of carbonyl (C=O) groups is 2. The van der Waals surface area contributed by atoms with Crippen LogP contribution >= 0.6 is 0 Å². The van der Waals surface area contributed by atoms with Gasteiger partial charge in [0.15, 0.2) is 0 Å². The maximum absolute atomic E-state index is 12.6. The summed E-state index contributed by atoms with van der Waals surface area (Å²) < 4.78 is 23.4. The molecule has 4 rings (SSSR count). The van der Waals surface area contributed by atoms with Crippen molar-refractivity contribution >= 4 is 17.5 Å². The van der Waals surface area contributed by atoms with E-state index in [9.17, 15) is 14.0 Å². The predicted octanol–water partition coefficient (Wildman–Crippen LogP) is 3.05. The van der Waals surface area contributed by atoms with Crippen molar-refractivity contribution in [2.45, 2.75) is 50.9 Å². The molecule has 1 saturated heterocycles. The molecule has 8 heteroatoms. The lowest BCUT2D eigenvalue weighted by atomic mass is 10.2. The van der Waals surface area contributed by atoms with Crippen molar-refractivity contribution in [1.29, 1.82) is 0 Å². The van der Waals surface area contributed by atoms with Crippen LogP contribution in [0.25, 0.3) is 0 Å². The predicted molar refractivity (Wildman–Crippen MR) is 105 cm³/mol. The Bertz CT molecular complexity index is 873. The molecule has 0 spiro atoms. The molecule has 3 N–H and O–H groups in total. The Labute approximate surface area is 168 Å². The summed E-state index contributed by atoms with van der Waals surface area (Å²) in [6.07, 6.45) is 5.25. The molecular weight excluding hydrogens is 377 g/mol.